The molecule has 8 aliphatic rings. The molecule has 350 valence electrons. The van der Waals surface area contributed by atoms with Crippen LogP contribution in [0.4, 0.5) is 4.79 Å². The third-order valence-electron chi connectivity index (χ3n) is 21.4. The highest BCUT2D eigenvalue weighted by atomic mass is 16.7. The van der Waals surface area contributed by atoms with Crippen molar-refractivity contribution in [1.29, 1.82) is 0 Å². The van der Waals surface area contributed by atoms with Gasteiger partial charge >= 0.3 is 12.1 Å². The van der Waals surface area contributed by atoms with E-state index in [9.17, 15) is 9.59 Å². The number of allylic oxidation sites excluding steroid dienone is 2. The number of ether oxygens (including phenoxy) is 3. The first-order chi connectivity index (χ1) is 29.5. The summed E-state index contributed by atoms with van der Waals surface area (Å²) in [6, 6.07) is 0. The molecule has 0 aromatic rings. The van der Waals surface area contributed by atoms with Gasteiger partial charge in [-0.3, -0.25) is 0 Å². The van der Waals surface area contributed by atoms with E-state index in [1.165, 1.54) is 114 Å². The topological polar surface area (TPSA) is 61.8 Å². The molecule has 0 radical (unpaired) electrons. The Morgan fingerprint density at radius 1 is 0.565 bits per heavy atom. The predicted octanol–water partition coefficient (Wildman–Crippen LogP) is 15.5. The van der Waals surface area contributed by atoms with Gasteiger partial charge in [0.25, 0.3) is 0 Å². The molecule has 5 heteroatoms. The highest BCUT2D eigenvalue weighted by molar-refractivity contribution is 5.74. The Hall–Kier alpha value is -1.78. The second-order valence-electron chi connectivity index (χ2n) is 25.5. The molecule has 0 aromatic carbocycles. The molecular formula is C57H92O5. The highest BCUT2D eigenvalue weighted by Crippen LogP contribution is 2.69. The van der Waals surface area contributed by atoms with Crippen molar-refractivity contribution < 1.29 is 23.8 Å². The maximum Gasteiger partial charge on any atom is 0.509 e. The molecule has 6 fully saturated rings. The quantitative estimate of drug-likeness (QED) is 0.129. The van der Waals surface area contributed by atoms with Gasteiger partial charge in [0.2, 0.25) is 0 Å². The summed E-state index contributed by atoms with van der Waals surface area (Å²) in [5.74, 6) is 9.33. The van der Waals surface area contributed by atoms with Gasteiger partial charge in [-0.05, 0) is 183 Å². The van der Waals surface area contributed by atoms with Crippen LogP contribution < -0.4 is 0 Å². The van der Waals surface area contributed by atoms with Crippen molar-refractivity contribution in [2.24, 2.45) is 92.7 Å². The van der Waals surface area contributed by atoms with Crippen LogP contribution in [0.1, 0.15) is 210 Å². The number of hydrogen-bond acceptors (Lipinski definition) is 5. The number of rotatable bonds is 14. The van der Waals surface area contributed by atoms with Crippen LogP contribution in [0.15, 0.2) is 23.3 Å². The van der Waals surface area contributed by atoms with Gasteiger partial charge in [0, 0.05) is 12.8 Å². The van der Waals surface area contributed by atoms with Gasteiger partial charge in [0.05, 0.1) is 0 Å². The Balaban J connectivity index is 0.787. The Morgan fingerprint density at radius 3 is 1.47 bits per heavy atom. The van der Waals surface area contributed by atoms with Crippen molar-refractivity contribution in [3.05, 3.63) is 23.3 Å². The van der Waals surface area contributed by atoms with Crippen molar-refractivity contribution in [2.45, 2.75) is 223 Å². The average molecular weight is 857 g/mol. The van der Waals surface area contributed by atoms with Crippen LogP contribution in [0.2, 0.25) is 0 Å². The molecule has 0 saturated heterocycles. The summed E-state index contributed by atoms with van der Waals surface area (Å²) < 4.78 is 17.4. The molecule has 16 atom stereocenters. The molecule has 62 heavy (non-hydrogen) atoms. The Labute approximate surface area is 379 Å². The smallest absolute Gasteiger partial charge is 0.460 e. The van der Waals surface area contributed by atoms with Gasteiger partial charge in [0.1, 0.15) is 12.2 Å². The summed E-state index contributed by atoms with van der Waals surface area (Å²) in [4.78, 5) is 26.2. The van der Waals surface area contributed by atoms with Crippen LogP contribution in [-0.2, 0) is 19.0 Å². The Morgan fingerprint density at radius 2 is 1.02 bits per heavy atom. The largest absolute Gasteiger partial charge is 0.509 e. The van der Waals surface area contributed by atoms with E-state index in [4.69, 9.17) is 14.2 Å². The fourth-order valence-corrected chi connectivity index (χ4v) is 18.0. The molecule has 0 heterocycles. The summed E-state index contributed by atoms with van der Waals surface area (Å²) in [6.07, 6.45) is 31.4. The van der Waals surface area contributed by atoms with E-state index < -0.39 is 12.1 Å². The first-order valence-corrected chi connectivity index (χ1v) is 26.9. The summed E-state index contributed by atoms with van der Waals surface area (Å²) in [7, 11) is 0. The van der Waals surface area contributed by atoms with Gasteiger partial charge in [-0.25, -0.2) is 9.59 Å². The van der Waals surface area contributed by atoms with Crippen LogP contribution >= 0.6 is 0 Å². The van der Waals surface area contributed by atoms with Gasteiger partial charge in [-0.2, -0.15) is 0 Å². The standard InChI is InChI=1S/C57H92O5/c1-36(2)13-11-15-38(5)46-21-23-48-44-19-17-40-33-42(25-29-54(40,7)50(44)27-31-56(46,48)9)61-52(58)35-60-53(59)62-43-26-30-55(8)41(34-43)18-20-45-49-24-22-47(39(6)16-12-14-37(3)4)57(49,10)32-28-51(45)55/h17-18,36-39,42-51H,11-16,19-35H2,1-10H3. The van der Waals surface area contributed by atoms with Crippen molar-refractivity contribution in [3.63, 3.8) is 0 Å². The number of carbonyl (C=O) groups is 2. The molecule has 5 nitrogen and oxygen atoms in total. The molecule has 0 aromatic heterocycles. The van der Waals surface area contributed by atoms with Crippen molar-refractivity contribution >= 4 is 12.1 Å². The van der Waals surface area contributed by atoms with Gasteiger partial charge in [0.15, 0.2) is 6.61 Å². The van der Waals surface area contributed by atoms with E-state index in [1.54, 1.807) is 0 Å². The lowest BCUT2D eigenvalue weighted by molar-refractivity contribution is -0.156. The van der Waals surface area contributed by atoms with Crippen molar-refractivity contribution in [3.8, 4) is 0 Å². The predicted molar refractivity (Wildman–Crippen MR) is 252 cm³/mol. The van der Waals surface area contributed by atoms with Gasteiger partial charge in [-0.15, -0.1) is 0 Å². The fraction of sp³-hybridized carbons (Fsp3) is 0.895. The molecule has 0 spiro atoms. The minimum atomic E-state index is -0.724. The molecule has 0 aliphatic heterocycles. The first kappa shape index (κ1) is 46.7. The Bertz CT molecular complexity index is 1540. The van der Waals surface area contributed by atoms with Crippen molar-refractivity contribution in [2.75, 3.05) is 6.61 Å². The molecule has 0 amide bonds. The second-order valence-corrected chi connectivity index (χ2v) is 25.5. The van der Waals surface area contributed by atoms with Crippen LogP contribution in [0.5, 0.6) is 0 Å². The van der Waals surface area contributed by atoms with E-state index in [0.29, 0.717) is 10.8 Å². The first-order valence-electron chi connectivity index (χ1n) is 26.9. The van der Waals surface area contributed by atoms with Crippen molar-refractivity contribution in [1.82, 2.24) is 0 Å². The molecule has 0 N–H and O–H groups in total. The molecule has 6 saturated carbocycles. The maximum atomic E-state index is 13.1. The maximum absolute atomic E-state index is 13.1. The average Bonchev–Trinajstić information content (AvgIpc) is 3.77. The molecule has 8 rings (SSSR count). The minimum Gasteiger partial charge on any atom is -0.460 e. The SMILES string of the molecule is CC(C)CCCC(C)C1CCC2C3CC=C4CC(OC(=O)COC(=O)OC5CCC6(C)C(=CCC7C6CCC6(C)C(C(C)CCCC(C)C)CCC76)C5)CCC4(C)C3CCC12C. The molecule has 16 unspecified atom stereocenters. The summed E-state index contributed by atoms with van der Waals surface area (Å²) in [5, 5.41) is 0. The second kappa shape index (κ2) is 18.5. The third kappa shape index (κ3) is 8.79. The van der Waals surface area contributed by atoms with E-state index in [2.05, 4.69) is 81.4 Å². The van der Waals surface area contributed by atoms with E-state index in [0.717, 1.165) is 110 Å². The molecule has 8 aliphatic carbocycles. The third-order valence-corrected chi connectivity index (χ3v) is 21.4. The number of hydrogen-bond donors (Lipinski definition) is 0. The summed E-state index contributed by atoms with van der Waals surface area (Å²) in [6.45, 7) is 24.6. The lowest BCUT2D eigenvalue weighted by Crippen LogP contribution is -2.51. The monoisotopic (exact) mass is 857 g/mol. The van der Waals surface area contributed by atoms with Crippen LogP contribution in [-0.4, -0.2) is 30.9 Å². The van der Waals surface area contributed by atoms with Crippen LogP contribution in [0.3, 0.4) is 0 Å². The van der Waals surface area contributed by atoms with Gasteiger partial charge < -0.3 is 14.2 Å². The van der Waals surface area contributed by atoms with E-state index in [-0.39, 0.29) is 29.6 Å². The summed E-state index contributed by atoms with van der Waals surface area (Å²) >= 11 is 0. The zero-order chi connectivity index (χ0) is 44.2. The lowest BCUT2D eigenvalue weighted by Gasteiger charge is -2.58. The summed E-state index contributed by atoms with van der Waals surface area (Å²) in [5.41, 5.74) is 4.42. The number of carbonyl (C=O) groups excluding carboxylic acids is 2. The zero-order valence-corrected chi connectivity index (χ0v) is 41.5. The fourth-order valence-electron chi connectivity index (χ4n) is 18.0. The minimum absolute atomic E-state index is 0.140. The highest BCUT2D eigenvalue weighted by Gasteiger charge is 2.61. The zero-order valence-electron chi connectivity index (χ0n) is 41.5. The van der Waals surface area contributed by atoms with Crippen LogP contribution in [0, 0.1) is 92.7 Å². The lowest BCUT2D eigenvalue weighted by atomic mass is 9.47. The van der Waals surface area contributed by atoms with Gasteiger partial charge in [-0.1, -0.05) is 131 Å². The normalized spacial score (nSPS) is 43.2. The molecule has 0 bridgehead atoms. The van der Waals surface area contributed by atoms with E-state index in [1.807, 2.05) is 0 Å². The number of fused-ring (bicyclic) bond motifs is 10. The molecular weight excluding hydrogens is 765 g/mol. The Kier molecular flexibility index (Phi) is 13.9. The number of esters is 1. The van der Waals surface area contributed by atoms with Crippen LogP contribution in [0.25, 0.3) is 0 Å². The van der Waals surface area contributed by atoms with E-state index >= 15 is 0 Å².